The Morgan fingerprint density at radius 3 is 2.63 bits per heavy atom. The van der Waals surface area contributed by atoms with Crippen molar-refractivity contribution in [1.29, 1.82) is 0 Å². The zero-order valence-electron chi connectivity index (χ0n) is 23.8. The van der Waals surface area contributed by atoms with E-state index in [1.807, 2.05) is 13.8 Å². The van der Waals surface area contributed by atoms with Crippen molar-refractivity contribution in [3.8, 4) is 5.75 Å². The number of nitrogens with zero attached hydrogens (tertiary/aromatic N) is 3. The molecule has 1 saturated heterocycles. The molecule has 13 heteroatoms. The lowest BCUT2D eigenvalue weighted by atomic mass is 10.1. The van der Waals surface area contributed by atoms with E-state index in [1.54, 1.807) is 56.4 Å². The molecule has 4 rings (SSSR count). The molecule has 1 aliphatic rings. The van der Waals surface area contributed by atoms with Crippen molar-refractivity contribution in [3.05, 3.63) is 63.2 Å². The van der Waals surface area contributed by atoms with Gasteiger partial charge in [0.15, 0.2) is 5.82 Å². The molecule has 0 bridgehead atoms. The van der Waals surface area contributed by atoms with Gasteiger partial charge in [0.25, 0.3) is 10.0 Å². The molecule has 222 valence electrons. The number of hydrogen-bond donors (Lipinski definition) is 1. The first-order valence-corrected chi connectivity index (χ1v) is 15.8. The Hall–Kier alpha value is -3.09. The van der Waals surface area contributed by atoms with E-state index in [4.69, 9.17) is 21.1 Å². The topological polar surface area (TPSA) is 101 Å². The summed E-state index contributed by atoms with van der Waals surface area (Å²) in [5.74, 6) is -0.149. The lowest BCUT2D eigenvalue weighted by molar-refractivity contribution is 0.0235. The van der Waals surface area contributed by atoms with Gasteiger partial charge in [-0.3, -0.25) is 0 Å². The van der Waals surface area contributed by atoms with Gasteiger partial charge in [0.1, 0.15) is 22.1 Å². The molecule has 1 amide bonds. The van der Waals surface area contributed by atoms with Gasteiger partial charge < -0.3 is 19.7 Å². The predicted molar refractivity (Wildman–Crippen MR) is 159 cm³/mol. The molecule has 1 aliphatic heterocycles. The molecule has 1 aromatic heterocycles. The number of halogens is 2. The highest BCUT2D eigenvalue weighted by molar-refractivity contribution is 7.92. The van der Waals surface area contributed by atoms with Crippen LogP contribution in [0.1, 0.15) is 45.2 Å². The van der Waals surface area contributed by atoms with Crippen molar-refractivity contribution in [2.24, 2.45) is 0 Å². The number of thiazole rings is 1. The Kier molecular flexibility index (Phi) is 9.05. The third-order valence-corrected chi connectivity index (χ3v) is 9.50. The van der Waals surface area contributed by atoms with Crippen molar-refractivity contribution in [1.82, 2.24) is 9.88 Å². The van der Waals surface area contributed by atoms with Gasteiger partial charge in [-0.25, -0.2) is 26.9 Å². The molecule has 1 N–H and O–H groups in total. The van der Waals surface area contributed by atoms with Crippen LogP contribution in [0.2, 0.25) is 5.02 Å². The molecule has 0 spiro atoms. The van der Waals surface area contributed by atoms with E-state index < -0.39 is 32.4 Å². The van der Waals surface area contributed by atoms with Crippen molar-refractivity contribution in [2.75, 3.05) is 23.3 Å². The number of aromatic nitrogens is 1. The number of amides is 1. The summed E-state index contributed by atoms with van der Waals surface area (Å²) in [7, 11) is -2.86. The second kappa shape index (κ2) is 12.0. The maximum atomic E-state index is 15.6. The zero-order chi connectivity index (χ0) is 30.1. The quantitative estimate of drug-likeness (QED) is 0.307. The number of hydrogen-bond acceptors (Lipinski definition) is 8. The van der Waals surface area contributed by atoms with Crippen LogP contribution in [0.15, 0.2) is 46.1 Å². The average molecular weight is 625 g/mol. The van der Waals surface area contributed by atoms with Crippen LogP contribution in [0.5, 0.6) is 5.75 Å². The summed E-state index contributed by atoms with van der Waals surface area (Å²) >= 11 is 7.75. The van der Waals surface area contributed by atoms with Crippen molar-refractivity contribution in [3.63, 3.8) is 0 Å². The maximum Gasteiger partial charge on any atom is 0.410 e. The fourth-order valence-electron chi connectivity index (χ4n) is 4.61. The third kappa shape index (κ3) is 6.87. The summed E-state index contributed by atoms with van der Waals surface area (Å²) in [6, 6.07) is 6.98. The minimum atomic E-state index is -4.41. The van der Waals surface area contributed by atoms with E-state index in [0.29, 0.717) is 24.3 Å². The number of benzene rings is 2. The summed E-state index contributed by atoms with van der Waals surface area (Å²) in [6.07, 6.45) is 0.152. The highest BCUT2D eigenvalue weighted by atomic mass is 35.5. The summed E-state index contributed by atoms with van der Waals surface area (Å²) in [5, 5.41) is 4.81. The van der Waals surface area contributed by atoms with Crippen LogP contribution >= 0.6 is 22.9 Å². The Balaban J connectivity index is 1.60. The fourth-order valence-corrected chi connectivity index (χ4v) is 6.97. The van der Waals surface area contributed by atoms with Crippen LogP contribution in [-0.2, 0) is 21.3 Å². The highest BCUT2D eigenvalue weighted by Crippen LogP contribution is 2.35. The van der Waals surface area contributed by atoms with Gasteiger partial charge in [0.2, 0.25) is 0 Å². The van der Waals surface area contributed by atoms with Crippen LogP contribution in [0.4, 0.5) is 20.7 Å². The monoisotopic (exact) mass is 624 g/mol. The Labute approximate surface area is 249 Å². The van der Waals surface area contributed by atoms with Gasteiger partial charge in [-0.2, -0.15) is 0 Å². The number of sulfonamides is 1. The highest BCUT2D eigenvalue weighted by Gasteiger charge is 2.37. The summed E-state index contributed by atoms with van der Waals surface area (Å²) in [6.45, 7) is 9.49. The minimum absolute atomic E-state index is 0.0340. The van der Waals surface area contributed by atoms with Crippen LogP contribution in [0.3, 0.4) is 0 Å². The molecule has 2 aromatic carbocycles. The van der Waals surface area contributed by atoms with Crippen molar-refractivity contribution in [2.45, 2.75) is 70.2 Å². The molecular weight excluding hydrogens is 591 g/mol. The van der Waals surface area contributed by atoms with Crippen LogP contribution in [0, 0.1) is 12.7 Å². The van der Waals surface area contributed by atoms with Gasteiger partial charge in [0.05, 0.1) is 35.9 Å². The standard InChI is InChI=1S/C28H34ClFN4O5S2/c1-17-11-20(38-6)8-7-19(17)14-34(26-15-40-16-31-26)41(36,37)25-12-21(29)24(13-22(25)30)32-23-9-10-33(18(23)2)27(35)39-28(3,4)5/h7-8,11-13,15-16,18,23,32H,9-10,14H2,1-6H3/t18-,23-/m1/s1. The molecule has 3 aromatic rings. The molecule has 9 nitrogen and oxygen atoms in total. The first kappa shape index (κ1) is 30.9. The van der Waals surface area contributed by atoms with Crippen LogP contribution in [0.25, 0.3) is 0 Å². The molecule has 41 heavy (non-hydrogen) atoms. The smallest absolute Gasteiger partial charge is 0.410 e. The SMILES string of the molecule is COc1ccc(CN(c2cscn2)S(=O)(=O)c2cc(Cl)c(N[C@@H]3CCN(C(=O)OC(C)(C)C)[C@@H]3C)cc2F)c(C)c1. The first-order chi connectivity index (χ1) is 19.2. The summed E-state index contributed by atoms with van der Waals surface area (Å²) < 4.78 is 55.1. The van der Waals surface area contributed by atoms with Gasteiger partial charge in [-0.05, 0) is 76.4 Å². The second-order valence-corrected chi connectivity index (χ2v) is 13.8. The van der Waals surface area contributed by atoms with Crippen LogP contribution in [-0.4, -0.2) is 55.7 Å². The normalized spacial score (nSPS) is 17.4. The number of carbonyl (C=O) groups excluding carboxylic acids is 1. The number of methoxy groups -OCH3 is 1. The molecule has 2 heterocycles. The molecule has 0 unspecified atom stereocenters. The Bertz CT molecular complexity index is 1510. The third-order valence-electron chi connectivity index (χ3n) is 6.85. The van der Waals surface area contributed by atoms with Gasteiger partial charge >= 0.3 is 6.09 Å². The predicted octanol–water partition coefficient (Wildman–Crippen LogP) is 6.46. The van der Waals surface area contributed by atoms with E-state index in [1.165, 1.54) is 16.8 Å². The number of ether oxygens (including phenoxy) is 2. The average Bonchev–Trinajstić information content (AvgIpc) is 3.54. The van der Waals surface area contributed by atoms with Gasteiger partial charge in [-0.15, -0.1) is 11.3 Å². The molecule has 1 fully saturated rings. The maximum absolute atomic E-state index is 15.6. The first-order valence-electron chi connectivity index (χ1n) is 13.0. The van der Waals surface area contributed by atoms with E-state index in [2.05, 4.69) is 10.3 Å². The molecule has 0 radical (unpaired) electrons. The Morgan fingerprint density at radius 1 is 1.29 bits per heavy atom. The number of aryl methyl sites for hydroxylation is 1. The lowest BCUT2D eigenvalue weighted by Gasteiger charge is -2.29. The number of likely N-dealkylation sites (tertiary alicyclic amines) is 1. The van der Waals surface area contributed by atoms with E-state index in [-0.39, 0.29) is 35.2 Å². The largest absolute Gasteiger partial charge is 0.497 e. The number of nitrogens with one attached hydrogen (secondary N) is 1. The zero-order valence-corrected chi connectivity index (χ0v) is 26.2. The molecule has 0 saturated carbocycles. The van der Waals surface area contributed by atoms with Crippen molar-refractivity contribution >= 4 is 50.6 Å². The second-order valence-electron chi connectivity index (χ2n) is 10.9. The summed E-state index contributed by atoms with van der Waals surface area (Å²) in [5.41, 5.74) is 2.63. The van der Waals surface area contributed by atoms with E-state index in [9.17, 15) is 13.2 Å². The molecule has 0 aliphatic carbocycles. The molecular formula is C28H34ClFN4O5S2. The summed E-state index contributed by atoms with van der Waals surface area (Å²) in [4.78, 5) is 17.8. The molecule has 2 atom stereocenters. The number of anilines is 2. The van der Waals surface area contributed by atoms with Crippen LogP contribution < -0.4 is 14.4 Å². The van der Waals surface area contributed by atoms with Crippen molar-refractivity contribution < 1.29 is 27.1 Å². The number of carbonyl (C=O) groups is 1. The van der Waals surface area contributed by atoms with Gasteiger partial charge in [-0.1, -0.05) is 17.7 Å². The lowest BCUT2D eigenvalue weighted by Crippen LogP contribution is -2.42. The fraction of sp³-hybridized carbons (Fsp3) is 0.429. The minimum Gasteiger partial charge on any atom is -0.497 e. The number of rotatable bonds is 8. The van der Waals surface area contributed by atoms with E-state index in [0.717, 1.165) is 22.0 Å². The Morgan fingerprint density at radius 2 is 2.02 bits per heavy atom. The van der Waals surface area contributed by atoms with E-state index >= 15 is 4.39 Å². The van der Waals surface area contributed by atoms with Gasteiger partial charge in [0, 0.05) is 18.0 Å².